The fraction of sp³-hybridized carbons (Fsp3) is 0.235. The molecule has 2 heterocycles. The lowest BCUT2D eigenvalue weighted by Crippen LogP contribution is -2.24. The maximum absolute atomic E-state index is 12.5. The molecule has 0 saturated carbocycles. The molecule has 8 nitrogen and oxygen atoms in total. The maximum atomic E-state index is 12.5. The summed E-state index contributed by atoms with van der Waals surface area (Å²) in [4.78, 5) is 36.1. The number of nitrogens with zero attached hydrogens (tertiary/aromatic N) is 1. The molecule has 2 amide bonds. The molecular weight excluding hydrogens is 440 g/mol. The quantitative estimate of drug-likeness (QED) is 0.533. The van der Waals surface area contributed by atoms with Gasteiger partial charge < -0.3 is 15.2 Å². The third-order valence-electron chi connectivity index (χ3n) is 3.88. The van der Waals surface area contributed by atoms with Gasteiger partial charge in [-0.1, -0.05) is 0 Å². The molecule has 0 bridgehead atoms. The largest absolute Gasteiger partial charge is 0.484 e. The number of imide groups is 1. The highest BCUT2D eigenvalue weighted by Gasteiger charge is 2.33. The summed E-state index contributed by atoms with van der Waals surface area (Å²) in [5.74, 6) is -3.53. The number of fused-ring (bicyclic) bond motifs is 1. The third kappa shape index (κ3) is 4.90. The van der Waals surface area contributed by atoms with Crippen molar-refractivity contribution in [2.75, 3.05) is 18.9 Å². The van der Waals surface area contributed by atoms with E-state index in [2.05, 4.69) is 9.47 Å². The van der Waals surface area contributed by atoms with Crippen molar-refractivity contribution >= 4 is 17.6 Å². The molecule has 0 aliphatic carbocycles. The predicted octanol–water partition coefficient (Wildman–Crippen LogP) is 2.19. The number of nitrogen functional groups attached to an aromatic ring is 1. The van der Waals surface area contributed by atoms with Crippen molar-refractivity contribution in [2.45, 2.75) is 12.4 Å². The first-order chi connectivity index (χ1) is 14.2. The van der Waals surface area contributed by atoms with Crippen LogP contribution in [-0.2, 0) is 0 Å². The molecule has 3 rings (SSSR count). The molecule has 1 aromatic heterocycles. The van der Waals surface area contributed by atoms with Crippen LogP contribution in [0.3, 0.4) is 0 Å². The Morgan fingerprint density at radius 1 is 0.839 bits per heavy atom. The van der Waals surface area contributed by atoms with E-state index < -0.39 is 60.3 Å². The summed E-state index contributed by atoms with van der Waals surface area (Å²) in [6, 6.07) is 3.27. The standard InChI is InChI=1S/C17H11F6N3O5/c18-16(19,20)5-30-8-1-7(2-9(3-8)31-6-17(21,22)23)26-11(27)4-10-12(13(26)24)15(29)25-14(10)28/h1-4H,5-6,24H2,(H,25,28,29). The van der Waals surface area contributed by atoms with E-state index in [1.54, 1.807) is 0 Å². The van der Waals surface area contributed by atoms with Crippen LogP contribution in [0.4, 0.5) is 32.2 Å². The average molecular weight is 451 g/mol. The van der Waals surface area contributed by atoms with Crippen molar-refractivity contribution in [1.29, 1.82) is 0 Å². The number of carbonyl (C=O) groups is 2. The van der Waals surface area contributed by atoms with Crippen molar-refractivity contribution in [2.24, 2.45) is 0 Å². The number of amides is 2. The summed E-state index contributed by atoms with van der Waals surface area (Å²) in [5.41, 5.74) is 3.80. The van der Waals surface area contributed by atoms with Gasteiger partial charge in [0.15, 0.2) is 13.2 Å². The topological polar surface area (TPSA) is 113 Å². The summed E-state index contributed by atoms with van der Waals surface area (Å²) in [6.45, 7) is -3.55. The predicted molar refractivity (Wildman–Crippen MR) is 91.3 cm³/mol. The summed E-state index contributed by atoms with van der Waals surface area (Å²) in [5, 5.41) is 1.92. The molecule has 0 fully saturated rings. The van der Waals surface area contributed by atoms with Crippen molar-refractivity contribution in [3.63, 3.8) is 0 Å². The number of carbonyl (C=O) groups excluding carboxylic acids is 2. The van der Waals surface area contributed by atoms with Crippen molar-refractivity contribution in [3.8, 4) is 17.2 Å². The van der Waals surface area contributed by atoms with Crippen LogP contribution in [-0.4, -0.2) is 41.9 Å². The van der Waals surface area contributed by atoms with E-state index >= 15 is 0 Å². The summed E-state index contributed by atoms with van der Waals surface area (Å²) < 4.78 is 84.5. The van der Waals surface area contributed by atoms with E-state index in [9.17, 15) is 40.7 Å². The molecule has 0 atom stereocenters. The first kappa shape index (κ1) is 22.0. The highest BCUT2D eigenvalue weighted by atomic mass is 19.4. The summed E-state index contributed by atoms with van der Waals surface area (Å²) >= 11 is 0. The van der Waals surface area contributed by atoms with Crippen LogP contribution >= 0.6 is 0 Å². The van der Waals surface area contributed by atoms with Crippen LogP contribution in [0.2, 0.25) is 0 Å². The van der Waals surface area contributed by atoms with Crippen LogP contribution in [0.5, 0.6) is 11.5 Å². The third-order valence-corrected chi connectivity index (χ3v) is 3.88. The van der Waals surface area contributed by atoms with Gasteiger partial charge in [-0.3, -0.25) is 24.3 Å². The Kier molecular flexibility index (Phi) is 5.33. The zero-order valence-corrected chi connectivity index (χ0v) is 15.1. The van der Waals surface area contributed by atoms with E-state index in [0.717, 1.165) is 24.3 Å². The monoisotopic (exact) mass is 451 g/mol. The number of hydrogen-bond donors (Lipinski definition) is 2. The first-order valence-corrected chi connectivity index (χ1v) is 8.21. The number of hydrogen-bond acceptors (Lipinski definition) is 6. The number of halogens is 6. The van der Waals surface area contributed by atoms with Crippen LogP contribution in [0, 0.1) is 0 Å². The van der Waals surface area contributed by atoms with Crippen molar-refractivity contribution < 1.29 is 45.4 Å². The van der Waals surface area contributed by atoms with Gasteiger partial charge in [0.2, 0.25) is 0 Å². The molecule has 2 aromatic rings. The number of benzene rings is 1. The van der Waals surface area contributed by atoms with Crippen molar-refractivity contribution in [3.05, 3.63) is 45.7 Å². The fourth-order valence-corrected chi connectivity index (χ4v) is 2.73. The molecule has 0 unspecified atom stereocenters. The highest BCUT2D eigenvalue weighted by Crippen LogP contribution is 2.30. The number of pyridine rings is 1. The second kappa shape index (κ2) is 7.52. The molecule has 31 heavy (non-hydrogen) atoms. The Morgan fingerprint density at radius 3 is 1.84 bits per heavy atom. The number of nitrogens with two attached hydrogens (primary N) is 1. The molecule has 14 heteroatoms. The molecule has 166 valence electrons. The first-order valence-electron chi connectivity index (χ1n) is 8.21. The number of anilines is 1. The Labute approximate surface area is 168 Å². The van der Waals surface area contributed by atoms with Gasteiger partial charge in [0.25, 0.3) is 17.4 Å². The van der Waals surface area contributed by atoms with Gasteiger partial charge in [-0.05, 0) is 0 Å². The normalized spacial score (nSPS) is 13.7. The Morgan fingerprint density at radius 2 is 1.35 bits per heavy atom. The zero-order valence-electron chi connectivity index (χ0n) is 15.1. The van der Waals surface area contributed by atoms with Gasteiger partial charge in [0.1, 0.15) is 17.3 Å². The van der Waals surface area contributed by atoms with Gasteiger partial charge in [0.05, 0.1) is 16.8 Å². The molecule has 1 aliphatic heterocycles. The van der Waals surface area contributed by atoms with Gasteiger partial charge in [-0.2, -0.15) is 26.3 Å². The summed E-state index contributed by atoms with van der Waals surface area (Å²) in [6.07, 6.45) is -9.52. The fourth-order valence-electron chi connectivity index (χ4n) is 2.73. The minimum atomic E-state index is -4.76. The van der Waals surface area contributed by atoms with E-state index in [0.29, 0.717) is 4.57 Å². The molecule has 3 N–H and O–H groups in total. The Bertz CT molecular complexity index is 1090. The van der Waals surface area contributed by atoms with Crippen LogP contribution < -0.4 is 26.1 Å². The highest BCUT2D eigenvalue weighted by molar-refractivity contribution is 6.23. The van der Waals surface area contributed by atoms with Crippen LogP contribution in [0.25, 0.3) is 5.69 Å². The van der Waals surface area contributed by atoms with E-state index in [1.165, 1.54) is 0 Å². The SMILES string of the molecule is Nc1c2c(cc(=O)n1-c1cc(OCC(F)(F)F)cc(OCC(F)(F)F)c1)C(=O)NC2=O. The van der Waals surface area contributed by atoms with E-state index in [-0.39, 0.29) is 16.8 Å². The number of alkyl halides is 6. The van der Waals surface area contributed by atoms with E-state index in [1.807, 2.05) is 5.32 Å². The smallest absolute Gasteiger partial charge is 0.422 e. The zero-order chi connectivity index (χ0) is 23.1. The van der Waals surface area contributed by atoms with Crippen LogP contribution in [0.15, 0.2) is 29.1 Å². The average Bonchev–Trinajstić information content (AvgIpc) is 2.91. The Balaban J connectivity index is 2.11. The molecule has 0 saturated heterocycles. The second-order valence-electron chi connectivity index (χ2n) is 6.25. The maximum Gasteiger partial charge on any atom is 0.422 e. The molecule has 1 aliphatic rings. The lowest BCUT2D eigenvalue weighted by atomic mass is 10.1. The van der Waals surface area contributed by atoms with Crippen LogP contribution in [0.1, 0.15) is 20.7 Å². The van der Waals surface area contributed by atoms with Crippen molar-refractivity contribution in [1.82, 2.24) is 9.88 Å². The number of nitrogens with one attached hydrogen (secondary N) is 1. The van der Waals surface area contributed by atoms with Gasteiger partial charge in [0, 0.05) is 24.3 Å². The number of ether oxygens (including phenoxy) is 2. The lowest BCUT2D eigenvalue weighted by Gasteiger charge is -2.17. The molecule has 1 aromatic carbocycles. The summed E-state index contributed by atoms with van der Waals surface area (Å²) in [7, 11) is 0. The number of rotatable bonds is 5. The van der Waals surface area contributed by atoms with Gasteiger partial charge in [-0.25, -0.2) is 0 Å². The molecule has 0 radical (unpaired) electrons. The Hall–Kier alpha value is -3.71. The minimum absolute atomic E-state index is 0.318. The number of aromatic nitrogens is 1. The van der Waals surface area contributed by atoms with Gasteiger partial charge >= 0.3 is 12.4 Å². The van der Waals surface area contributed by atoms with Gasteiger partial charge in [-0.15, -0.1) is 0 Å². The van der Waals surface area contributed by atoms with E-state index in [4.69, 9.17) is 5.73 Å². The lowest BCUT2D eigenvalue weighted by molar-refractivity contribution is -0.153. The molecular formula is C17H11F6N3O5. The second-order valence-corrected chi connectivity index (χ2v) is 6.25. The minimum Gasteiger partial charge on any atom is -0.484 e. The molecule has 0 spiro atoms.